The summed E-state index contributed by atoms with van der Waals surface area (Å²) >= 11 is 0. The molecule has 0 unspecified atom stereocenters. The zero-order chi connectivity index (χ0) is 13.2. The largest absolute Gasteiger partial charge is 0.438 e. The number of nitrogens with one attached hydrogen (secondary N) is 1. The van der Waals surface area contributed by atoms with Gasteiger partial charge >= 0.3 is 0 Å². The number of aryl methyl sites for hydroxylation is 1. The summed E-state index contributed by atoms with van der Waals surface area (Å²) in [7, 11) is 0. The average molecular weight is 263 g/mol. The van der Waals surface area contributed by atoms with Gasteiger partial charge in [0.15, 0.2) is 6.39 Å². The minimum atomic E-state index is 0.0241. The number of carbonyl (C=O) groups excluding carboxylic acids is 1. The lowest BCUT2D eigenvalue weighted by molar-refractivity contribution is 0.0668. The molecule has 1 saturated carbocycles. The molecular formula is C14H21N3O2. The quantitative estimate of drug-likeness (QED) is 0.896. The van der Waals surface area contributed by atoms with Crippen LogP contribution in [0, 0.1) is 12.8 Å². The minimum Gasteiger partial charge on any atom is -0.438 e. The van der Waals surface area contributed by atoms with Crippen LogP contribution >= 0.6 is 0 Å². The van der Waals surface area contributed by atoms with Gasteiger partial charge in [0.2, 0.25) is 5.76 Å². The predicted octanol–water partition coefficient (Wildman–Crippen LogP) is 1.59. The second-order valence-corrected chi connectivity index (χ2v) is 5.65. The van der Waals surface area contributed by atoms with Gasteiger partial charge in [-0.1, -0.05) is 0 Å². The standard InChI is InChI=1S/C14H21N3O2/c1-10-13(19-9-16-10)14(18)17(12-2-3-12)8-11-4-6-15-7-5-11/h9,11-12,15H,2-8H2,1H3. The van der Waals surface area contributed by atoms with E-state index in [-0.39, 0.29) is 5.91 Å². The summed E-state index contributed by atoms with van der Waals surface area (Å²) in [5.74, 6) is 1.06. The number of nitrogens with zero attached hydrogens (tertiary/aromatic N) is 2. The molecular weight excluding hydrogens is 242 g/mol. The summed E-state index contributed by atoms with van der Waals surface area (Å²) < 4.78 is 5.26. The van der Waals surface area contributed by atoms with E-state index in [0.29, 0.717) is 23.4 Å². The van der Waals surface area contributed by atoms with Gasteiger partial charge in [-0.15, -0.1) is 0 Å². The molecule has 1 N–H and O–H groups in total. The highest BCUT2D eigenvalue weighted by molar-refractivity contribution is 5.92. The summed E-state index contributed by atoms with van der Waals surface area (Å²) in [5.41, 5.74) is 0.695. The molecule has 0 aromatic carbocycles. The molecule has 1 saturated heterocycles. The van der Waals surface area contributed by atoms with E-state index in [1.165, 1.54) is 6.39 Å². The lowest BCUT2D eigenvalue weighted by Gasteiger charge is -2.29. The van der Waals surface area contributed by atoms with Crippen LogP contribution in [0.1, 0.15) is 41.9 Å². The molecule has 1 aliphatic heterocycles. The molecule has 3 rings (SSSR count). The van der Waals surface area contributed by atoms with Crippen LogP contribution in [0.25, 0.3) is 0 Å². The Morgan fingerprint density at radius 3 is 2.74 bits per heavy atom. The van der Waals surface area contributed by atoms with Crippen LogP contribution in [0.4, 0.5) is 0 Å². The Labute approximate surface area is 113 Å². The van der Waals surface area contributed by atoms with Crippen molar-refractivity contribution >= 4 is 5.91 Å². The van der Waals surface area contributed by atoms with E-state index >= 15 is 0 Å². The van der Waals surface area contributed by atoms with E-state index in [9.17, 15) is 4.79 Å². The summed E-state index contributed by atoms with van der Waals surface area (Å²) in [5, 5.41) is 3.37. The second kappa shape index (κ2) is 5.33. The van der Waals surface area contributed by atoms with Crippen molar-refractivity contribution in [2.45, 2.75) is 38.6 Å². The molecule has 0 radical (unpaired) electrons. The maximum Gasteiger partial charge on any atom is 0.291 e. The highest BCUT2D eigenvalue weighted by atomic mass is 16.3. The van der Waals surface area contributed by atoms with Crippen molar-refractivity contribution in [1.82, 2.24) is 15.2 Å². The molecule has 2 fully saturated rings. The lowest BCUT2D eigenvalue weighted by Crippen LogP contribution is -2.40. The molecule has 2 aliphatic rings. The van der Waals surface area contributed by atoms with Gasteiger partial charge in [-0.25, -0.2) is 4.98 Å². The van der Waals surface area contributed by atoms with Crippen LogP contribution in [0.5, 0.6) is 0 Å². The molecule has 5 heteroatoms. The number of aromatic nitrogens is 1. The Bertz CT molecular complexity index is 447. The van der Waals surface area contributed by atoms with Gasteiger partial charge in [0.05, 0.1) is 5.69 Å². The van der Waals surface area contributed by atoms with Crippen LogP contribution < -0.4 is 5.32 Å². The summed E-state index contributed by atoms with van der Waals surface area (Å²) in [6.07, 6.45) is 5.93. The molecule has 104 valence electrons. The van der Waals surface area contributed by atoms with Crippen molar-refractivity contribution in [2.75, 3.05) is 19.6 Å². The Morgan fingerprint density at radius 2 is 2.16 bits per heavy atom. The first kappa shape index (κ1) is 12.7. The fourth-order valence-corrected chi connectivity index (χ4v) is 2.76. The fraction of sp³-hybridized carbons (Fsp3) is 0.714. The highest BCUT2D eigenvalue weighted by Crippen LogP contribution is 2.30. The maximum absolute atomic E-state index is 12.6. The molecule has 0 spiro atoms. The van der Waals surface area contributed by atoms with Crippen molar-refractivity contribution in [1.29, 1.82) is 0 Å². The Kier molecular flexibility index (Phi) is 3.55. The normalized spacial score (nSPS) is 20.5. The number of carbonyl (C=O) groups is 1. The number of amides is 1. The van der Waals surface area contributed by atoms with Gasteiger partial charge in [-0.2, -0.15) is 0 Å². The molecule has 5 nitrogen and oxygen atoms in total. The summed E-state index contributed by atoms with van der Waals surface area (Å²) in [6, 6.07) is 0.423. The first-order valence-electron chi connectivity index (χ1n) is 7.17. The SMILES string of the molecule is Cc1ncoc1C(=O)N(CC1CCNCC1)C1CC1. The molecule has 1 aromatic heterocycles. The van der Waals surface area contributed by atoms with Gasteiger partial charge in [0, 0.05) is 12.6 Å². The number of piperidine rings is 1. The third kappa shape index (κ3) is 2.81. The Morgan fingerprint density at radius 1 is 1.42 bits per heavy atom. The van der Waals surface area contributed by atoms with E-state index in [2.05, 4.69) is 10.3 Å². The van der Waals surface area contributed by atoms with Gasteiger partial charge < -0.3 is 14.6 Å². The van der Waals surface area contributed by atoms with E-state index in [0.717, 1.165) is 45.3 Å². The van der Waals surface area contributed by atoms with E-state index in [4.69, 9.17) is 4.42 Å². The third-order valence-electron chi connectivity index (χ3n) is 4.10. The maximum atomic E-state index is 12.6. The Hall–Kier alpha value is -1.36. The number of hydrogen-bond acceptors (Lipinski definition) is 4. The first-order chi connectivity index (χ1) is 9.25. The zero-order valence-electron chi connectivity index (χ0n) is 11.4. The smallest absolute Gasteiger partial charge is 0.291 e. The van der Waals surface area contributed by atoms with Crippen molar-refractivity contribution in [3.63, 3.8) is 0 Å². The van der Waals surface area contributed by atoms with Crippen LogP contribution in [0.2, 0.25) is 0 Å². The summed E-state index contributed by atoms with van der Waals surface area (Å²) in [6.45, 7) is 4.83. The van der Waals surface area contributed by atoms with Crippen LogP contribution in [0.15, 0.2) is 10.8 Å². The van der Waals surface area contributed by atoms with Crippen molar-refractivity contribution in [2.24, 2.45) is 5.92 Å². The van der Waals surface area contributed by atoms with Gasteiger partial charge in [0.1, 0.15) is 0 Å². The summed E-state index contributed by atoms with van der Waals surface area (Å²) in [4.78, 5) is 18.6. The topological polar surface area (TPSA) is 58.4 Å². The first-order valence-corrected chi connectivity index (χ1v) is 7.17. The zero-order valence-corrected chi connectivity index (χ0v) is 11.4. The molecule has 0 atom stereocenters. The van der Waals surface area contributed by atoms with Crippen molar-refractivity contribution < 1.29 is 9.21 Å². The molecule has 1 aromatic rings. The van der Waals surface area contributed by atoms with Crippen molar-refractivity contribution in [3.05, 3.63) is 17.8 Å². The predicted molar refractivity (Wildman–Crippen MR) is 70.9 cm³/mol. The van der Waals surface area contributed by atoms with Crippen molar-refractivity contribution in [3.8, 4) is 0 Å². The van der Waals surface area contributed by atoms with Gasteiger partial charge in [0.25, 0.3) is 5.91 Å². The monoisotopic (exact) mass is 263 g/mol. The van der Waals surface area contributed by atoms with Crippen LogP contribution in [-0.4, -0.2) is 41.5 Å². The lowest BCUT2D eigenvalue weighted by atomic mass is 9.97. The Balaban J connectivity index is 1.70. The fourth-order valence-electron chi connectivity index (χ4n) is 2.76. The molecule has 1 amide bonds. The number of hydrogen-bond donors (Lipinski definition) is 1. The van der Waals surface area contributed by atoms with Gasteiger partial charge in [-0.3, -0.25) is 4.79 Å². The molecule has 1 aliphatic carbocycles. The van der Waals surface area contributed by atoms with Gasteiger partial charge in [-0.05, 0) is 51.6 Å². The molecule has 0 bridgehead atoms. The number of oxazole rings is 1. The molecule has 19 heavy (non-hydrogen) atoms. The highest BCUT2D eigenvalue weighted by Gasteiger charge is 2.36. The minimum absolute atomic E-state index is 0.0241. The van der Waals surface area contributed by atoms with E-state index < -0.39 is 0 Å². The average Bonchev–Trinajstić information content (AvgIpc) is 3.18. The van der Waals surface area contributed by atoms with E-state index in [1.54, 1.807) is 0 Å². The second-order valence-electron chi connectivity index (χ2n) is 5.65. The van der Waals surface area contributed by atoms with Crippen LogP contribution in [0.3, 0.4) is 0 Å². The third-order valence-corrected chi connectivity index (χ3v) is 4.10. The molecule has 2 heterocycles. The number of rotatable bonds is 4. The van der Waals surface area contributed by atoms with E-state index in [1.807, 2.05) is 11.8 Å². The van der Waals surface area contributed by atoms with Crippen LogP contribution in [-0.2, 0) is 0 Å².